The SMILES string of the molecule is CCOC(=O)N(Cc1cccc2ccccc12)C[C@]1(O)CC[C@H]2c3ccc(cc3C(=O)c3ccc(C)s3)C[C@@H](O)CCC(C)=CCC[C@@]21C. The van der Waals surface area contributed by atoms with E-state index < -0.39 is 23.2 Å². The van der Waals surface area contributed by atoms with Crippen LogP contribution in [0.25, 0.3) is 10.8 Å². The van der Waals surface area contributed by atoms with E-state index in [4.69, 9.17) is 4.74 Å². The van der Waals surface area contributed by atoms with Gasteiger partial charge in [0.15, 0.2) is 0 Å². The van der Waals surface area contributed by atoms with Crippen LogP contribution in [0.5, 0.6) is 0 Å². The number of hydrogen-bond donors (Lipinski definition) is 2. The highest BCUT2D eigenvalue weighted by Gasteiger charge is 2.57. The Kier molecular flexibility index (Phi) is 10.4. The minimum atomic E-state index is -1.25. The fourth-order valence-electron chi connectivity index (χ4n) is 8.24. The van der Waals surface area contributed by atoms with Crippen LogP contribution in [0.2, 0.25) is 0 Å². The Morgan fingerprint density at radius 2 is 1.80 bits per heavy atom. The lowest BCUT2D eigenvalue weighted by molar-refractivity contribution is -0.0820. The predicted molar refractivity (Wildman–Crippen MR) is 197 cm³/mol. The summed E-state index contributed by atoms with van der Waals surface area (Å²) in [6, 6.07) is 24.2. The van der Waals surface area contributed by atoms with Crippen LogP contribution in [-0.2, 0) is 17.7 Å². The zero-order chi connectivity index (χ0) is 34.8. The molecule has 3 aromatic carbocycles. The van der Waals surface area contributed by atoms with Gasteiger partial charge in [-0.15, -0.1) is 11.3 Å². The molecule has 0 radical (unpaired) electrons. The van der Waals surface area contributed by atoms with Crippen molar-refractivity contribution in [1.29, 1.82) is 0 Å². The van der Waals surface area contributed by atoms with Gasteiger partial charge in [-0.3, -0.25) is 4.79 Å². The maximum absolute atomic E-state index is 14.2. The third-order valence-corrected chi connectivity index (χ3v) is 12.1. The number of ether oxygens (including phenoxy) is 1. The van der Waals surface area contributed by atoms with Gasteiger partial charge in [0.1, 0.15) is 0 Å². The first kappa shape index (κ1) is 35.1. The molecule has 6 nitrogen and oxygen atoms in total. The molecular weight excluding hydrogens is 631 g/mol. The van der Waals surface area contributed by atoms with Crippen LogP contribution >= 0.6 is 11.3 Å². The number of carbonyl (C=O) groups excluding carboxylic acids is 2. The second-order valence-corrected chi connectivity index (χ2v) is 15.7. The van der Waals surface area contributed by atoms with Crippen molar-refractivity contribution in [3.63, 3.8) is 0 Å². The summed E-state index contributed by atoms with van der Waals surface area (Å²) in [7, 11) is 0. The van der Waals surface area contributed by atoms with Gasteiger partial charge in [-0.25, -0.2) is 4.79 Å². The zero-order valence-corrected chi connectivity index (χ0v) is 30.0. The number of carbonyl (C=O) groups is 2. The number of thiophene rings is 1. The summed E-state index contributed by atoms with van der Waals surface area (Å²) >= 11 is 1.49. The van der Waals surface area contributed by atoms with Gasteiger partial charge in [-0.05, 0) is 117 Å². The van der Waals surface area contributed by atoms with Crippen molar-refractivity contribution < 1.29 is 24.5 Å². The largest absolute Gasteiger partial charge is 0.450 e. The van der Waals surface area contributed by atoms with E-state index in [2.05, 4.69) is 44.2 Å². The van der Waals surface area contributed by atoms with E-state index in [-0.39, 0.29) is 24.9 Å². The third-order valence-electron chi connectivity index (χ3n) is 11.1. The molecular formula is C42H49NO5S. The predicted octanol–water partition coefficient (Wildman–Crippen LogP) is 9.14. The Bertz CT molecular complexity index is 1860. The van der Waals surface area contributed by atoms with Crippen LogP contribution < -0.4 is 0 Å². The van der Waals surface area contributed by atoms with Gasteiger partial charge in [0.05, 0.1) is 29.7 Å². The molecule has 2 N–H and O–H groups in total. The number of aliphatic hydroxyl groups is 2. The van der Waals surface area contributed by atoms with Gasteiger partial charge in [0.2, 0.25) is 5.78 Å². The second-order valence-electron chi connectivity index (χ2n) is 14.4. The quantitative estimate of drug-likeness (QED) is 0.150. The van der Waals surface area contributed by atoms with Crippen LogP contribution in [0.15, 0.2) is 84.4 Å². The van der Waals surface area contributed by atoms with E-state index in [0.717, 1.165) is 45.2 Å². The fraction of sp³-hybridized carbons (Fsp3) is 0.429. The Hall–Kier alpha value is -3.78. The zero-order valence-electron chi connectivity index (χ0n) is 29.2. The molecule has 7 rings (SSSR count). The van der Waals surface area contributed by atoms with E-state index >= 15 is 0 Å². The van der Waals surface area contributed by atoms with Gasteiger partial charge in [0, 0.05) is 22.4 Å². The number of hydrogen-bond acceptors (Lipinski definition) is 6. The van der Waals surface area contributed by atoms with Crippen LogP contribution in [0.4, 0.5) is 4.79 Å². The summed E-state index contributed by atoms with van der Waals surface area (Å²) in [5, 5.41) is 26.0. The van der Waals surface area contributed by atoms with Crippen molar-refractivity contribution in [2.24, 2.45) is 5.41 Å². The first-order valence-corrected chi connectivity index (χ1v) is 18.5. The molecule has 3 aliphatic carbocycles. The Morgan fingerprint density at radius 3 is 2.57 bits per heavy atom. The van der Waals surface area contributed by atoms with Gasteiger partial charge >= 0.3 is 6.09 Å². The molecule has 1 aromatic heterocycles. The molecule has 4 atom stereocenters. The van der Waals surface area contributed by atoms with Crippen molar-refractivity contribution in [3.05, 3.63) is 116 Å². The van der Waals surface area contributed by atoms with Crippen molar-refractivity contribution in [2.75, 3.05) is 13.2 Å². The van der Waals surface area contributed by atoms with Crippen LogP contribution in [0.3, 0.4) is 0 Å². The summed E-state index contributed by atoms with van der Waals surface area (Å²) in [6.07, 6.45) is 5.77. The van der Waals surface area contributed by atoms with Crippen LogP contribution in [0, 0.1) is 12.3 Å². The number of benzene rings is 3. The van der Waals surface area contributed by atoms with Crippen molar-refractivity contribution in [1.82, 2.24) is 4.90 Å². The Labute approximate surface area is 294 Å². The Morgan fingerprint density at radius 1 is 1.00 bits per heavy atom. The summed E-state index contributed by atoms with van der Waals surface area (Å²) in [6.45, 7) is 8.73. The molecule has 2 bridgehead atoms. The molecule has 7 heteroatoms. The number of aryl methyl sites for hydroxylation is 1. The van der Waals surface area contributed by atoms with Crippen LogP contribution in [-0.4, -0.2) is 51.8 Å². The molecule has 0 unspecified atom stereocenters. The Balaban J connectivity index is 1.43. The van der Waals surface area contributed by atoms with Crippen molar-refractivity contribution in [3.8, 4) is 0 Å². The first-order chi connectivity index (χ1) is 23.5. The highest BCUT2D eigenvalue weighted by molar-refractivity contribution is 7.14. The number of amides is 1. The van der Waals surface area contributed by atoms with E-state index in [1.165, 1.54) is 16.9 Å². The summed E-state index contributed by atoms with van der Waals surface area (Å²) in [4.78, 5) is 31.3. The van der Waals surface area contributed by atoms with Crippen LogP contribution in [0.1, 0.15) is 102 Å². The topological polar surface area (TPSA) is 87.1 Å². The molecule has 0 spiro atoms. The summed E-state index contributed by atoms with van der Waals surface area (Å²) in [5.74, 6) is -0.149. The standard InChI is InChI=1S/C42H49NO5S/c1-5-48-40(46)43(26-32-13-8-12-31-11-6-7-14-34(31)32)27-42(47)23-21-37-35-19-17-30(25-36(35)39(45)38-20-16-29(3)49-38)24-33(44)18-15-28(2)10-9-22-41(37,42)4/h6-8,10-14,16-17,19-20,25,33,37,44,47H,5,9,15,18,21-24,26-27H2,1-4H3/t33-,37-,41-,42+/m0/s1. The first-order valence-electron chi connectivity index (χ1n) is 17.7. The third kappa shape index (κ3) is 7.26. The fourth-order valence-corrected chi connectivity index (χ4v) is 9.06. The van der Waals surface area contributed by atoms with Gasteiger partial charge in [-0.1, -0.05) is 73.2 Å². The minimum Gasteiger partial charge on any atom is -0.450 e. The lowest BCUT2D eigenvalue weighted by Gasteiger charge is -2.46. The number of ketones is 1. The second kappa shape index (κ2) is 14.6. The van der Waals surface area contributed by atoms with E-state index in [0.29, 0.717) is 49.1 Å². The van der Waals surface area contributed by atoms with Gasteiger partial charge in [0.25, 0.3) is 0 Å². The lowest BCUT2D eigenvalue weighted by atomic mass is 9.64. The summed E-state index contributed by atoms with van der Waals surface area (Å²) in [5.41, 5.74) is 2.82. The number of aliphatic hydroxyl groups excluding tert-OH is 1. The van der Waals surface area contributed by atoms with Gasteiger partial charge in [-0.2, -0.15) is 0 Å². The average Bonchev–Trinajstić information content (AvgIpc) is 3.63. The van der Waals surface area contributed by atoms with E-state index in [9.17, 15) is 19.8 Å². The van der Waals surface area contributed by atoms with Crippen molar-refractivity contribution >= 4 is 34.0 Å². The van der Waals surface area contributed by atoms with E-state index in [1.807, 2.05) is 55.5 Å². The molecule has 3 aliphatic rings. The monoisotopic (exact) mass is 679 g/mol. The average molecular weight is 680 g/mol. The molecule has 0 saturated heterocycles. The molecule has 0 aliphatic heterocycles. The lowest BCUT2D eigenvalue weighted by Crippen LogP contribution is -2.53. The number of rotatable bonds is 7. The summed E-state index contributed by atoms with van der Waals surface area (Å²) < 4.78 is 5.59. The molecule has 1 fully saturated rings. The molecule has 1 heterocycles. The molecule has 49 heavy (non-hydrogen) atoms. The maximum Gasteiger partial charge on any atom is 0.410 e. The number of fused-ring (bicyclic) bond motifs is 9. The normalized spacial score (nSPS) is 24.2. The molecule has 258 valence electrons. The highest BCUT2D eigenvalue weighted by Crippen LogP contribution is 2.59. The minimum absolute atomic E-state index is 0.0193. The molecule has 1 amide bonds. The number of nitrogens with zero attached hydrogens (tertiary/aromatic N) is 1. The molecule has 4 aromatic rings. The van der Waals surface area contributed by atoms with Gasteiger partial charge < -0.3 is 19.8 Å². The molecule has 1 saturated carbocycles. The van der Waals surface area contributed by atoms with Crippen molar-refractivity contribution in [2.45, 2.75) is 96.8 Å². The smallest absolute Gasteiger partial charge is 0.410 e. The highest BCUT2D eigenvalue weighted by atomic mass is 32.1. The maximum atomic E-state index is 14.2. The van der Waals surface area contributed by atoms with E-state index in [1.54, 1.807) is 11.8 Å². The number of allylic oxidation sites excluding steroid dienone is 2.